The molecule has 5 nitrogen and oxygen atoms in total. The number of nitrogens with zero attached hydrogens (tertiary/aromatic N) is 3. The Morgan fingerprint density at radius 2 is 1.78 bits per heavy atom. The molecule has 0 aliphatic carbocycles. The van der Waals surface area contributed by atoms with Crippen LogP contribution in [0.4, 0.5) is 5.69 Å². The summed E-state index contributed by atoms with van der Waals surface area (Å²) >= 11 is 0. The van der Waals surface area contributed by atoms with Crippen molar-refractivity contribution >= 4 is 11.3 Å². The summed E-state index contributed by atoms with van der Waals surface area (Å²) in [4.78, 5) is 21.5. The highest BCUT2D eigenvalue weighted by Gasteiger charge is 2.12. The van der Waals surface area contributed by atoms with E-state index in [4.69, 9.17) is 4.98 Å². The standard InChI is InChI=1S/C22H20N4O/c1-15-12-20(24-16(2)17-6-4-3-5-7-17)22-25-19(13-21(27)26(22)14-15)18-8-10-23-11-9-18/h3-14,16,24H,1-2H3/t16-/m1/s1. The summed E-state index contributed by atoms with van der Waals surface area (Å²) in [5.41, 5.74) is 5.01. The van der Waals surface area contributed by atoms with Crippen molar-refractivity contribution in [1.82, 2.24) is 14.4 Å². The van der Waals surface area contributed by atoms with Gasteiger partial charge in [0, 0.05) is 36.3 Å². The van der Waals surface area contributed by atoms with Crippen LogP contribution in [0.5, 0.6) is 0 Å². The largest absolute Gasteiger partial charge is 0.376 e. The van der Waals surface area contributed by atoms with Crippen molar-refractivity contribution in [2.24, 2.45) is 0 Å². The maximum Gasteiger partial charge on any atom is 0.258 e. The molecule has 3 heterocycles. The molecule has 0 aliphatic heterocycles. The van der Waals surface area contributed by atoms with E-state index in [1.807, 2.05) is 49.5 Å². The highest BCUT2D eigenvalue weighted by Crippen LogP contribution is 2.24. The second kappa shape index (κ2) is 7.03. The lowest BCUT2D eigenvalue weighted by molar-refractivity contribution is 0.880. The van der Waals surface area contributed by atoms with Crippen LogP contribution in [0.1, 0.15) is 24.1 Å². The molecule has 134 valence electrons. The van der Waals surface area contributed by atoms with Crippen LogP contribution in [-0.2, 0) is 0 Å². The first kappa shape index (κ1) is 17.0. The van der Waals surface area contributed by atoms with E-state index in [2.05, 4.69) is 29.4 Å². The molecule has 0 spiro atoms. The third kappa shape index (κ3) is 3.44. The number of benzene rings is 1. The Hall–Kier alpha value is -3.47. The second-order valence-electron chi connectivity index (χ2n) is 6.62. The van der Waals surface area contributed by atoms with E-state index < -0.39 is 0 Å². The lowest BCUT2D eigenvalue weighted by Gasteiger charge is -2.18. The van der Waals surface area contributed by atoms with Crippen LogP contribution >= 0.6 is 0 Å². The van der Waals surface area contributed by atoms with Gasteiger partial charge in [-0.2, -0.15) is 0 Å². The van der Waals surface area contributed by atoms with E-state index in [0.717, 1.165) is 16.8 Å². The van der Waals surface area contributed by atoms with E-state index in [9.17, 15) is 4.79 Å². The van der Waals surface area contributed by atoms with Gasteiger partial charge < -0.3 is 5.32 Å². The van der Waals surface area contributed by atoms with Gasteiger partial charge in [-0.1, -0.05) is 30.3 Å². The normalized spacial score (nSPS) is 12.1. The molecular formula is C22H20N4O. The van der Waals surface area contributed by atoms with Crippen LogP contribution < -0.4 is 10.9 Å². The number of hydrogen-bond acceptors (Lipinski definition) is 4. The fourth-order valence-corrected chi connectivity index (χ4v) is 3.17. The molecule has 1 aromatic carbocycles. The predicted molar refractivity (Wildman–Crippen MR) is 108 cm³/mol. The number of pyridine rings is 2. The number of fused-ring (bicyclic) bond motifs is 1. The number of rotatable bonds is 4. The Labute approximate surface area is 157 Å². The molecule has 0 radical (unpaired) electrons. The van der Waals surface area contributed by atoms with Crippen LogP contribution in [0.3, 0.4) is 0 Å². The van der Waals surface area contributed by atoms with Gasteiger partial charge in [0.2, 0.25) is 0 Å². The molecule has 1 N–H and O–H groups in total. The molecule has 0 unspecified atom stereocenters. The summed E-state index contributed by atoms with van der Waals surface area (Å²) in [5.74, 6) is 0. The van der Waals surface area contributed by atoms with Gasteiger partial charge in [0.15, 0.2) is 5.65 Å². The van der Waals surface area contributed by atoms with Crippen molar-refractivity contribution in [1.29, 1.82) is 0 Å². The first-order valence-electron chi connectivity index (χ1n) is 8.88. The molecule has 0 saturated heterocycles. The highest BCUT2D eigenvalue weighted by atomic mass is 16.1. The minimum absolute atomic E-state index is 0.0817. The Morgan fingerprint density at radius 3 is 2.52 bits per heavy atom. The van der Waals surface area contributed by atoms with Crippen LogP contribution in [-0.4, -0.2) is 14.4 Å². The van der Waals surface area contributed by atoms with E-state index in [0.29, 0.717) is 11.3 Å². The monoisotopic (exact) mass is 356 g/mol. The molecule has 4 rings (SSSR count). The molecule has 0 aliphatic rings. The van der Waals surface area contributed by atoms with Crippen molar-refractivity contribution in [2.75, 3.05) is 5.32 Å². The number of hydrogen-bond donors (Lipinski definition) is 1. The van der Waals surface area contributed by atoms with Crippen molar-refractivity contribution in [3.63, 3.8) is 0 Å². The van der Waals surface area contributed by atoms with Crippen molar-refractivity contribution in [3.8, 4) is 11.3 Å². The van der Waals surface area contributed by atoms with Gasteiger partial charge in [-0.3, -0.25) is 14.2 Å². The van der Waals surface area contributed by atoms with Gasteiger partial charge in [-0.25, -0.2) is 4.98 Å². The molecule has 0 saturated carbocycles. The van der Waals surface area contributed by atoms with Crippen LogP contribution in [0.25, 0.3) is 16.9 Å². The summed E-state index contributed by atoms with van der Waals surface area (Å²) in [6.07, 6.45) is 5.22. The number of aromatic nitrogens is 3. The topological polar surface area (TPSA) is 59.3 Å². The van der Waals surface area contributed by atoms with Gasteiger partial charge in [-0.05, 0) is 43.2 Å². The Balaban J connectivity index is 1.84. The zero-order valence-electron chi connectivity index (χ0n) is 15.3. The van der Waals surface area contributed by atoms with E-state index in [-0.39, 0.29) is 11.6 Å². The van der Waals surface area contributed by atoms with Gasteiger partial charge in [0.25, 0.3) is 5.56 Å². The molecule has 4 aromatic rings. The number of aryl methyl sites for hydroxylation is 1. The van der Waals surface area contributed by atoms with E-state index >= 15 is 0 Å². The average molecular weight is 356 g/mol. The smallest absolute Gasteiger partial charge is 0.258 e. The molecule has 0 bridgehead atoms. The zero-order chi connectivity index (χ0) is 18.8. The third-order valence-corrected chi connectivity index (χ3v) is 4.55. The van der Waals surface area contributed by atoms with Crippen molar-refractivity contribution in [3.05, 3.63) is 94.7 Å². The minimum atomic E-state index is -0.106. The van der Waals surface area contributed by atoms with E-state index in [1.165, 1.54) is 5.56 Å². The van der Waals surface area contributed by atoms with Gasteiger partial charge in [0.05, 0.1) is 11.4 Å². The molecular weight excluding hydrogens is 336 g/mol. The summed E-state index contributed by atoms with van der Waals surface area (Å²) in [7, 11) is 0. The Kier molecular flexibility index (Phi) is 4.42. The molecule has 27 heavy (non-hydrogen) atoms. The first-order valence-corrected chi connectivity index (χ1v) is 8.88. The molecule has 0 fully saturated rings. The van der Waals surface area contributed by atoms with Crippen LogP contribution in [0, 0.1) is 6.92 Å². The Bertz CT molecular complexity index is 1140. The lowest BCUT2D eigenvalue weighted by atomic mass is 10.1. The lowest BCUT2D eigenvalue weighted by Crippen LogP contribution is -2.17. The summed E-state index contributed by atoms with van der Waals surface area (Å²) in [5, 5.41) is 3.51. The average Bonchev–Trinajstić information content (AvgIpc) is 2.70. The fraction of sp³-hybridized carbons (Fsp3) is 0.136. The van der Waals surface area contributed by atoms with Crippen molar-refractivity contribution < 1.29 is 0 Å². The van der Waals surface area contributed by atoms with Crippen molar-refractivity contribution in [2.45, 2.75) is 19.9 Å². The highest BCUT2D eigenvalue weighted by molar-refractivity contribution is 5.72. The maximum absolute atomic E-state index is 12.7. The predicted octanol–water partition coefficient (Wildman–Crippen LogP) is 4.24. The summed E-state index contributed by atoms with van der Waals surface area (Å²) < 4.78 is 1.60. The third-order valence-electron chi connectivity index (χ3n) is 4.55. The SMILES string of the molecule is Cc1cc(N[C@H](C)c2ccccc2)c2nc(-c3ccncc3)cc(=O)n2c1. The molecule has 3 aromatic heterocycles. The van der Waals surface area contributed by atoms with Gasteiger partial charge >= 0.3 is 0 Å². The quantitative estimate of drug-likeness (QED) is 0.594. The Morgan fingerprint density at radius 1 is 1.04 bits per heavy atom. The summed E-state index contributed by atoms with van der Waals surface area (Å²) in [6.45, 7) is 4.07. The number of nitrogens with one attached hydrogen (secondary N) is 1. The van der Waals surface area contributed by atoms with Gasteiger partial charge in [-0.15, -0.1) is 0 Å². The second-order valence-corrected chi connectivity index (χ2v) is 6.62. The zero-order valence-corrected chi connectivity index (χ0v) is 15.3. The maximum atomic E-state index is 12.7. The first-order chi connectivity index (χ1) is 13.1. The van der Waals surface area contributed by atoms with E-state index in [1.54, 1.807) is 22.9 Å². The minimum Gasteiger partial charge on any atom is -0.376 e. The molecule has 0 amide bonds. The van der Waals surface area contributed by atoms with Crippen LogP contribution in [0.15, 0.2) is 78.0 Å². The molecule has 5 heteroatoms. The fourth-order valence-electron chi connectivity index (χ4n) is 3.17. The van der Waals surface area contributed by atoms with Gasteiger partial charge in [0.1, 0.15) is 0 Å². The molecule has 1 atom stereocenters. The summed E-state index contributed by atoms with van der Waals surface area (Å²) in [6, 6.07) is 17.6. The van der Waals surface area contributed by atoms with Crippen LogP contribution in [0.2, 0.25) is 0 Å². The number of anilines is 1.